The van der Waals surface area contributed by atoms with Crippen molar-refractivity contribution in [2.45, 2.75) is 13.3 Å². The Morgan fingerprint density at radius 2 is 1.84 bits per heavy atom. The highest BCUT2D eigenvalue weighted by Crippen LogP contribution is 2.21. The number of benzene rings is 2. The van der Waals surface area contributed by atoms with Gasteiger partial charge in [0.2, 0.25) is 5.91 Å². The maximum absolute atomic E-state index is 12.0. The molecule has 0 atom stereocenters. The molecule has 0 bridgehead atoms. The van der Waals surface area contributed by atoms with Gasteiger partial charge in [0.25, 0.3) is 0 Å². The minimum absolute atomic E-state index is 0.0842. The zero-order valence-corrected chi connectivity index (χ0v) is 14.1. The predicted molar refractivity (Wildman–Crippen MR) is 101 cm³/mol. The second kappa shape index (κ2) is 8.54. The number of nitrogens with two attached hydrogens (primary N) is 2. The van der Waals surface area contributed by atoms with Crippen LogP contribution in [0.15, 0.2) is 48.2 Å². The first-order valence-corrected chi connectivity index (χ1v) is 7.87. The molecule has 0 aliphatic rings. The Morgan fingerprint density at radius 1 is 1.12 bits per heavy atom. The number of aryl methyl sites for hydroxylation is 1. The van der Waals surface area contributed by atoms with Crippen molar-refractivity contribution in [3.05, 3.63) is 64.9 Å². The lowest BCUT2D eigenvalue weighted by atomic mass is 10.1. The van der Waals surface area contributed by atoms with Crippen molar-refractivity contribution in [3.8, 4) is 0 Å². The Balaban J connectivity index is 1.89. The third-order valence-corrected chi connectivity index (χ3v) is 3.70. The average Bonchev–Trinajstić information content (AvgIpc) is 2.58. The van der Waals surface area contributed by atoms with Gasteiger partial charge >= 0.3 is 0 Å². The van der Waals surface area contributed by atoms with Gasteiger partial charge in [0.05, 0.1) is 24.5 Å². The number of carbonyl (C=O) groups excluding carboxylic acids is 2. The number of amides is 1. The zero-order valence-electron chi connectivity index (χ0n) is 14.1. The maximum Gasteiger partial charge on any atom is 0.227 e. The van der Waals surface area contributed by atoms with Gasteiger partial charge in [0, 0.05) is 11.3 Å². The van der Waals surface area contributed by atoms with E-state index < -0.39 is 0 Å². The predicted octanol–water partition coefficient (Wildman–Crippen LogP) is 2.27. The van der Waals surface area contributed by atoms with Crippen molar-refractivity contribution in [2.75, 3.05) is 17.7 Å². The molecule has 2 rings (SSSR count). The number of para-hydroxylation sites is 1. The van der Waals surface area contributed by atoms with Crippen LogP contribution in [-0.4, -0.2) is 18.9 Å². The molecule has 0 saturated carbocycles. The zero-order chi connectivity index (χ0) is 18.2. The first-order valence-electron chi connectivity index (χ1n) is 7.87. The van der Waals surface area contributed by atoms with Crippen molar-refractivity contribution in [3.63, 3.8) is 0 Å². The van der Waals surface area contributed by atoms with E-state index in [1.54, 1.807) is 24.3 Å². The molecule has 0 spiro atoms. The molecule has 0 heterocycles. The summed E-state index contributed by atoms with van der Waals surface area (Å²) in [5.41, 5.74) is 15.7. The van der Waals surface area contributed by atoms with Crippen LogP contribution in [0.5, 0.6) is 0 Å². The highest BCUT2D eigenvalue weighted by Gasteiger charge is 2.07. The molecule has 1 amide bonds. The number of nitrogen functional groups attached to an aromatic ring is 1. The highest BCUT2D eigenvalue weighted by atomic mass is 16.1. The van der Waals surface area contributed by atoms with Crippen LogP contribution >= 0.6 is 0 Å². The molecule has 6 nitrogen and oxygen atoms in total. The molecule has 0 radical (unpaired) electrons. The number of nitrogens with one attached hydrogen (secondary N) is 2. The van der Waals surface area contributed by atoms with E-state index in [0.29, 0.717) is 28.9 Å². The fourth-order valence-corrected chi connectivity index (χ4v) is 2.37. The molecular formula is C19H22N4O2. The third-order valence-electron chi connectivity index (χ3n) is 3.70. The molecule has 0 unspecified atom stereocenters. The lowest BCUT2D eigenvalue weighted by molar-refractivity contribution is -0.120. The molecule has 0 aliphatic heterocycles. The summed E-state index contributed by atoms with van der Waals surface area (Å²) in [4.78, 5) is 23.0. The summed E-state index contributed by atoms with van der Waals surface area (Å²) in [5, 5.41) is 5.65. The average molecular weight is 338 g/mol. The largest absolute Gasteiger partial charge is 0.402 e. The lowest BCUT2D eigenvalue weighted by Crippen LogP contribution is -2.30. The SMILES string of the molecule is Cc1ccccc1/C=C(\N)CC(=O)NCNc1c(N)cccc1C=O. The van der Waals surface area contributed by atoms with E-state index in [1.165, 1.54) is 0 Å². The summed E-state index contributed by atoms with van der Waals surface area (Å²) in [7, 11) is 0. The summed E-state index contributed by atoms with van der Waals surface area (Å²) in [5.74, 6) is -0.225. The van der Waals surface area contributed by atoms with E-state index in [0.717, 1.165) is 11.1 Å². The van der Waals surface area contributed by atoms with Gasteiger partial charge in [-0.3, -0.25) is 9.59 Å². The Kier molecular flexibility index (Phi) is 6.17. The van der Waals surface area contributed by atoms with Crippen LogP contribution in [0.2, 0.25) is 0 Å². The fraction of sp³-hybridized carbons (Fsp3) is 0.158. The van der Waals surface area contributed by atoms with E-state index >= 15 is 0 Å². The van der Waals surface area contributed by atoms with Crippen LogP contribution in [0.4, 0.5) is 11.4 Å². The first-order chi connectivity index (χ1) is 12.0. The summed E-state index contributed by atoms with van der Waals surface area (Å²) >= 11 is 0. The van der Waals surface area contributed by atoms with E-state index in [4.69, 9.17) is 11.5 Å². The summed E-state index contributed by atoms with van der Waals surface area (Å²) in [6, 6.07) is 12.8. The molecule has 130 valence electrons. The molecule has 0 saturated heterocycles. The Hall–Kier alpha value is -3.28. The van der Waals surface area contributed by atoms with Gasteiger partial charge in [-0.05, 0) is 36.3 Å². The fourth-order valence-electron chi connectivity index (χ4n) is 2.37. The van der Waals surface area contributed by atoms with Crippen molar-refractivity contribution >= 4 is 29.6 Å². The standard InChI is InChI=1S/C19H22N4O2/c1-13-5-2-3-6-14(13)9-16(20)10-18(25)22-12-23-19-15(11-24)7-4-8-17(19)21/h2-9,11,23H,10,12,20-21H2,1H3,(H,22,25)/b16-9-. The third kappa shape index (κ3) is 5.10. The van der Waals surface area contributed by atoms with Gasteiger partial charge < -0.3 is 22.1 Å². The topological polar surface area (TPSA) is 110 Å². The number of rotatable bonds is 7. The van der Waals surface area contributed by atoms with Crippen LogP contribution in [-0.2, 0) is 4.79 Å². The number of carbonyl (C=O) groups is 2. The van der Waals surface area contributed by atoms with Gasteiger partial charge in [-0.2, -0.15) is 0 Å². The molecule has 0 aromatic heterocycles. The molecule has 2 aromatic rings. The van der Waals surface area contributed by atoms with E-state index in [-0.39, 0.29) is 19.0 Å². The minimum Gasteiger partial charge on any atom is -0.402 e. The molecule has 0 aliphatic carbocycles. The Labute approximate surface area is 146 Å². The van der Waals surface area contributed by atoms with Gasteiger partial charge in [-0.15, -0.1) is 0 Å². The minimum atomic E-state index is -0.225. The Bertz CT molecular complexity index is 800. The first kappa shape index (κ1) is 18.1. The summed E-state index contributed by atoms with van der Waals surface area (Å²) < 4.78 is 0. The van der Waals surface area contributed by atoms with Gasteiger partial charge in [0.1, 0.15) is 0 Å². The van der Waals surface area contributed by atoms with E-state index in [9.17, 15) is 9.59 Å². The summed E-state index contributed by atoms with van der Waals surface area (Å²) in [6.07, 6.45) is 2.59. The van der Waals surface area contributed by atoms with Gasteiger partial charge in [0.15, 0.2) is 6.29 Å². The van der Waals surface area contributed by atoms with Crippen molar-refractivity contribution in [2.24, 2.45) is 5.73 Å². The number of hydrogen-bond acceptors (Lipinski definition) is 5. The second-order valence-electron chi connectivity index (χ2n) is 5.64. The smallest absolute Gasteiger partial charge is 0.227 e. The van der Waals surface area contributed by atoms with Crippen molar-refractivity contribution in [1.29, 1.82) is 0 Å². The number of anilines is 2. The van der Waals surface area contributed by atoms with Gasteiger partial charge in [-0.1, -0.05) is 30.3 Å². The molecule has 0 fully saturated rings. The Morgan fingerprint density at radius 3 is 2.56 bits per heavy atom. The normalized spacial score (nSPS) is 11.0. The number of aldehydes is 1. The van der Waals surface area contributed by atoms with Crippen molar-refractivity contribution in [1.82, 2.24) is 5.32 Å². The van der Waals surface area contributed by atoms with Crippen LogP contribution in [0.25, 0.3) is 6.08 Å². The lowest BCUT2D eigenvalue weighted by Gasteiger charge is -2.12. The van der Waals surface area contributed by atoms with Crippen LogP contribution < -0.4 is 22.1 Å². The van der Waals surface area contributed by atoms with Crippen LogP contribution in [0.1, 0.15) is 27.9 Å². The highest BCUT2D eigenvalue weighted by molar-refractivity contribution is 5.89. The molecule has 25 heavy (non-hydrogen) atoms. The maximum atomic E-state index is 12.0. The molecule has 2 aromatic carbocycles. The van der Waals surface area contributed by atoms with E-state index in [1.807, 2.05) is 31.2 Å². The van der Waals surface area contributed by atoms with E-state index in [2.05, 4.69) is 10.6 Å². The number of hydrogen-bond donors (Lipinski definition) is 4. The molecule has 6 N–H and O–H groups in total. The second-order valence-corrected chi connectivity index (χ2v) is 5.64. The molecular weight excluding hydrogens is 316 g/mol. The quantitative estimate of drug-likeness (QED) is 0.352. The summed E-state index contributed by atoms with van der Waals surface area (Å²) in [6.45, 7) is 2.13. The van der Waals surface area contributed by atoms with Crippen LogP contribution in [0, 0.1) is 6.92 Å². The van der Waals surface area contributed by atoms with Crippen LogP contribution in [0.3, 0.4) is 0 Å². The van der Waals surface area contributed by atoms with Gasteiger partial charge in [-0.25, -0.2) is 0 Å². The van der Waals surface area contributed by atoms with Crippen molar-refractivity contribution < 1.29 is 9.59 Å². The molecule has 6 heteroatoms. The monoisotopic (exact) mass is 338 g/mol.